The lowest BCUT2D eigenvalue weighted by Gasteiger charge is -2.12. The summed E-state index contributed by atoms with van der Waals surface area (Å²) in [5.41, 5.74) is 1.60. The molecule has 0 aliphatic carbocycles. The van der Waals surface area contributed by atoms with Crippen LogP contribution in [0.25, 0.3) is 0 Å². The molecule has 0 unspecified atom stereocenters. The fourth-order valence-electron chi connectivity index (χ4n) is 3.32. The molecule has 0 amide bonds. The summed E-state index contributed by atoms with van der Waals surface area (Å²) in [6.45, 7) is 6.97. The van der Waals surface area contributed by atoms with Gasteiger partial charge in [0.2, 0.25) is 5.90 Å². The van der Waals surface area contributed by atoms with E-state index in [0.29, 0.717) is 6.61 Å². The van der Waals surface area contributed by atoms with Crippen LogP contribution >= 0.6 is 0 Å². The SMILES string of the molecule is CC1(C)COC([C@@]2(C)[C@@H](c3ccccn3)N2c2cccnc2)=N1. The van der Waals surface area contributed by atoms with Crippen LogP contribution in [-0.4, -0.2) is 33.6 Å². The van der Waals surface area contributed by atoms with Crippen LogP contribution in [0, 0.1) is 0 Å². The molecule has 1 saturated heterocycles. The molecule has 5 nitrogen and oxygen atoms in total. The first kappa shape index (κ1) is 14.2. The summed E-state index contributed by atoms with van der Waals surface area (Å²) in [5, 5.41) is 0. The fourth-order valence-corrected chi connectivity index (χ4v) is 3.32. The Balaban J connectivity index is 1.77. The Labute approximate surface area is 136 Å². The molecule has 23 heavy (non-hydrogen) atoms. The molecule has 2 aromatic heterocycles. The van der Waals surface area contributed by atoms with Gasteiger partial charge in [-0.2, -0.15) is 0 Å². The van der Waals surface area contributed by atoms with Crippen LogP contribution in [-0.2, 0) is 4.74 Å². The van der Waals surface area contributed by atoms with Crippen molar-refractivity contribution in [2.45, 2.75) is 37.9 Å². The maximum absolute atomic E-state index is 5.96. The van der Waals surface area contributed by atoms with E-state index in [1.165, 1.54) is 0 Å². The second kappa shape index (κ2) is 4.78. The van der Waals surface area contributed by atoms with Crippen molar-refractivity contribution in [1.82, 2.24) is 9.97 Å². The highest BCUT2D eigenvalue weighted by Crippen LogP contribution is 2.56. The van der Waals surface area contributed by atoms with Crippen LogP contribution in [0.2, 0.25) is 0 Å². The van der Waals surface area contributed by atoms with Gasteiger partial charge in [-0.05, 0) is 45.0 Å². The van der Waals surface area contributed by atoms with Gasteiger partial charge in [0, 0.05) is 12.4 Å². The van der Waals surface area contributed by atoms with E-state index in [1.807, 2.05) is 30.6 Å². The van der Waals surface area contributed by atoms with Crippen molar-refractivity contribution in [2.24, 2.45) is 4.99 Å². The van der Waals surface area contributed by atoms with Crippen LogP contribution in [0.15, 0.2) is 53.9 Å². The summed E-state index contributed by atoms with van der Waals surface area (Å²) < 4.78 is 5.96. The van der Waals surface area contributed by atoms with Crippen molar-refractivity contribution < 1.29 is 4.74 Å². The molecule has 0 aromatic carbocycles. The van der Waals surface area contributed by atoms with Crippen LogP contribution in [0.1, 0.15) is 32.5 Å². The lowest BCUT2D eigenvalue weighted by molar-refractivity contribution is 0.270. The van der Waals surface area contributed by atoms with Gasteiger partial charge in [0.1, 0.15) is 18.2 Å². The van der Waals surface area contributed by atoms with Crippen molar-refractivity contribution in [3.63, 3.8) is 0 Å². The number of aliphatic imine (C=N–C) groups is 1. The highest BCUT2D eigenvalue weighted by atomic mass is 16.5. The Hall–Kier alpha value is -2.43. The highest BCUT2D eigenvalue weighted by molar-refractivity contribution is 5.98. The van der Waals surface area contributed by atoms with Crippen LogP contribution in [0.5, 0.6) is 0 Å². The quantitative estimate of drug-likeness (QED) is 0.818. The maximum Gasteiger partial charge on any atom is 0.213 e. The highest BCUT2D eigenvalue weighted by Gasteiger charge is 2.66. The average Bonchev–Trinajstić information content (AvgIpc) is 3.03. The molecule has 1 fully saturated rings. The minimum atomic E-state index is -0.314. The molecule has 4 rings (SSSR count). The Morgan fingerprint density at radius 2 is 2.00 bits per heavy atom. The standard InChI is InChI=1S/C18H20N4O/c1-17(2)12-23-16(21-17)18(3)15(14-8-4-5-10-20-14)22(18)13-7-6-9-19-11-13/h4-11,15H,12H2,1-3H3/t15-,18-,22?/m1/s1. The summed E-state index contributed by atoms with van der Waals surface area (Å²) >= 11 is 0. The Bertz CT molecular complexity index is 697. The summed E-state index contributed by atoms with van der Waals surface area (Å²) in [6, 6.07) is 10.1. The third-order valence-electron chi connectivity index (χ3n) is 4.51. The van der Waals surface area contributed by atoms with Crippen LogP contribution in [0.3, 0.4) is 0 Å². The molecular weight excluding hydrogens is 288 g/mol. The van der Waals surface area contributed by atoms with Gasteiger partial charge in [-0.3, -0.25) is 9.97 Å². The molecule has 118 valence electrons. The molecule has 2 atom stereocenters. The predicted octanol–water partition coefficient (Wildman–Crippen LogP) is 3.00. The third kappa shape index (κ3) is 2.19. The molecule has 0 radical (unpaired) electrons. The van der Waals surface area contributed by atoms with Gasteiger partial charge in [-0.15, -0.1) is 0 Å². The third-order valence-corrected chi connectivity index (χ3v) is 4.51. The van der Waals surface area contributed by atoms with E-state index >= 15 is 0 Å². The molecule has 4 heterocycles. The molecule has 2 aromatic rings. The zero-order valence-corrected chi connectivity index (χ0v) is 13.6. The Kier molecular flexibility index (Phi) is 2.95. The Morgan fingerprint density at radius 1 is 1.13 bits per heavy atom. The molecule has 2 aliphatic heterocycles. The number of hydrogen-bond acceptors (Lipinski definition) is 5. The van der Waals surface area contributed by atoms with E-state index in [2.05, 4.69) is 47.8 Å². The number of pyridine rings is 2. The number of nitrogens with zero attached hydrogens (tertiary/aromatic N) is 4. The van der Waals surface area contributed by atoms with Gasteiger partial charge in [0.25, 0.3) is 0 Å². The van der Waals surface area contributed by atoms with Crippen LogP contribution < -0.4 is 4.90 Å². The van der Waals surface area contributed by atoms with E-state index in [1.54, 1.807) is 6.20 Å². The lowest BCUT2D eigenvalue weighted by atomic mass is 10.0. The first-order chi connectivity index (χ1) is 11.0. The van der Waals surface area contributed by atoms with E-state index in [4.69, 9.17) is 9.73 Å². The van der Waals surface area contributed by atoms with Gasteiger partial charge in [0.05, 0.1) is 23.1 Å². The van der Waals surface area contributed by atoms with E-state index in [-0.39, 0.29) is 17.1 Å². The minimum absolute atomic E-state index is 0.112. The van der Waals surface area contributed by atoms with E-state index in [9.17, 15) is 0 Å². The summed E-state index contributed by atoms with van der Waals surface area (Å²) in [4.78, 5) is 15.9. The maximum atomic E-state index is 5.96. The van der Waals surface area contributed by atoms with Gasteiger partial charge in [-0.25, -0.2) is 4.99 Å². The van der Waals surface area contributed by atoms with E-state index in [0.717, 1.165) is 17.3 Å². The van der Waals surface area contributed by atoms with E-state index < -0.39 is 0 Å². The smallest absolute Gasteiger partial charge is 0.213 e. The fraction of sp³-hybridized carbons (Fsp3) is 0.389. The first-order valence-corrected chi connectivity index (χ1v) is 7.86. The summed E-state index contributed by atoms with van der Waals surface area (Å²) in [6.07, 6.45) is 5.49. The van der Waals surface area contributed by atoms with Gasteiger partial charge < -0.3 is 9.64 Å². The van der Waals surface area contributed by atoms with Crippen molar-refractivity contribution in [3.8, 4) is 0 Å². The number of ether oxygens (including phenoxy) is 1. The number of hydrogen-bond donors (Lipinski definition) is 0. The second-order valence-electron chi connectivity index (χ2n) is 6.90. The molecule has 0 N–H and O–H groups in total. The van der Waals surface area contributed by atoms with Gasteiger partial charge in [-0.1, -0.05) is 6.07 Å². The molecule has 0 saturated carbocycles. The zero-order valence-electron chi connectivity index (χ0n) is 13.6. The number of aromatic nitrogens is 2. The summed E-state index contributed by atoms with van der Waals surface area (Å²) in [7, 11) is 0. The molecule has 0 bridgehead atoms. The van der Waals surface area contributed by atoms with Gasteiger partial charge in [0.15, 0.2) is 0 Å². The first-order valence-electron chi connectivity index (χ1n) is 7.86. The number of rotatable bonds is 3. The topological polar surface area (TPSA) is 50.4 Å². The largest absolute Gasteiger partial charge is 0.477 e. The molecular formula is C18H20N4O. The average molecular weight is 308 g/mol. The van der Waals surface area contributed by atoms with Crippen molar-refractivity contribution in [2.75, 3.05) is 11.5 Å². The van der Waals surface area contributed by atoms with Crippen LogP contribution in [0.4, 0.5) is 5.69 Å². The van der Waals surface area contributed by atoms with Crippen molar-refractivity contribution in [3.05, 3.63) is 54.6 Å². The minimum Gasteiger partial charge on any atom is -0.477 e. The molecule has 2 aliphatic rings. The zero-order chi connectivity index (χ0) is 16.1. The predicted molar refractivity (Wildman–Crippen MR) is 89.6 cm³/mol. The molecule has 0 spiro atoms. The van der Waals surface area contributed by atoms with Gasteiger partial charge >= 0.3 is 0 Å². The second-order valence-corrected chi connectivity index (χ2v) is 6.90. The molecule has 5 heteroatoms. The monoisotopic (exact) mass is 308 g/mol. The Morgan fingerprint density at radius 3 is 2.61 bits per heavy atom. The summed E-state index contributed by atoms with van der Waals surface area (Å²) in [5.74, 6) is 0.794. The van der Waals surface area contributed by atoms with Crippen molar-refractivity contribution in [1.29, 1.82) is 0 Å². The van der Waals surface area contributed by atoms with Crippen molar-refractivity contribution >= 4 is 11.6 Å². The normalized spacial score (nSPS) is 28.2. The lowest BCUT2D eigenvalue weighted by Crippen LogP contribution is -2.26. The number of anilines is 1.